The second-order valence-electron chi connectivity index (χ2n) is 5.66. The van der Waals surface area contributed by atoms with E-state index in [2.05, 4.69) is 63.4 Å². The van der Waals surface area contributed by atoms with Crippen molar-refractivity contribution in [3.05, 3.63) is 54.4 Å². The predicted molar refractivity (Wildman–Crippen MR) is 100 cm³/mol. The molecule has 0 atom stereocenters. The van der Waals surface area contributed by atoms with Gasteiger partial charge >= 0.3 is 0 Å². The monoisotopic (exact) mass is 326 g/mol. The Morgan fingerprint density at radius 3 is 2.30 bits per heavy atom. The largest absolute Gasteiger partial charge is 0.368 e. The summed E-state index contributed by atoms with van der Waals surface area (Å²) < 4.78 is 0. The first-order valence-electron chi connectivity index (χ1n) is 8.06. The second kappa shape index (κ2) is 7.42. The van der Waals surface area contributed by atoms with Gasteiger partial charge < -0.3 is 15.1 Å². The summed E-state index contributed by atoms with van der Waals surface area (Å²) in [7, 11) is 0. The third kappa shape index (κ3) is 3.99. The number of benzene rings is 1. The number of hydrogen-bond acceptors (Lipinski definition) is 3. The Bertz CT molecular complexity index is 634. The third-order valence-corrected chi connectivity index (χ3v) is 4.57. The SMILES string of the molecule is CCc1ccc(NC(=S)N2CCN(c3ccncc3)CC2)cc1. The van der Waals surface area contributed by atoms with Crippen molar-refractivity contribution in [3.63, 3.8) is 0 Å². The molecule has 0 aliphatic carbocycles. The molecule has 120 valence electrons. The number of aromatic nitrogens is 1. The lowest BCUT2D eigenvalue weighted by molar-refractivity contribution is 0.391. The van der Waals surface area contributed by atoms with Crippen LogP contribution in [0, 0.1) is 0 Å². The van der Waals surface area contributed by atoms with E-state index >= 15 is 0 Å². The molecule has 0 unspecified atom stereocenters. The fourth-order valence-electron chi connectivity index (χ4n) is 2.75. The maximum Gasteiger partial charge on any atom is 0.173 e. The highest BCUT2D eigenvalue weighted by Gasteiger charge is 2.19. The van der Waals surface area contributed by atoms with E-state index in [1.807, 2.05) is 12.4 Å². The van der Waals surface area contributed by atoms with E-state index < -0.39 is 0 Å². The molecule has 23 heavy (non-hydrogen) atoms. The Morgan fingerprint density at radius 2 is 1.70 bits per heavy atom. The van der Waals surface area contributed by atoms with E-state index in [1.54, 1.807) is 0 Å². The maximum atomic E-state index is 5.56. The Hall–Kier alpha value is -2.14. The van der Waals surface area contributed by atoms with Gasteiger partial charge in [-0.3, -0.25) is 4.98 Å². The number of piperazine rings is 1. The average Bonchev–Trinajstić information content (AvgIpc) is 2.63. The first-order valence-corrected chi connectivity index (χ1v) is 8.47. The molecule has 1 aromatic carbocycles. The van der Waals surface area contributed by atoms with Gasteiger partial charge in [0.1, 0.15) is 0 Å². The Morgan fingerprint density at radius 1 is 1.04 bits per heavy atom. The number of nitrogens with one attached hydrogen (secondary N) is 1. The van der Waals surface area contributed by atoms with Crippen LogP contribution in [0.25, 0.3) is 0 Å². The smallest absolute Gasteiger partial charge is 0.173 e. The topological polar surface area (TPSA) is 31.4 Å². The quantitative estimate of drug-likeness (QED) is 0.876. The zero-order valence-electron chi connectivity index (χ0n) is 13.4. The molecule has 1 saturated heterocycles. The van der Waals surface area contributed by atoms with E-state index in [4.69, 9.17) is 12.2 Å². The number of hydrogen-bond donors (Lipinski definition) is 1. The number of thiocarbonyl (C=S) groups is 1. The molecule has 0 spiro atoms. The fraction of sp³-hybridized carbons (Fsp3) is 0.333. The van der Waals surface area contributed by atoms with Crippen LogP contribution in [0.3, 0.4) is 0 Å². The summed E-state index contributed by atoms with van der Waals surface area (Å²) in [5, 5.41) is 4.16. The van der Waals surface area contributed by atoms with Crippen molar-refractivity contribution < 1.29 is 0 Å². The molecule has 0 amide bonds. The van der Waals surface area contributed by atoms with Crippen molar-refractivity contribution in [1.82, 2.24) is 9.88 Å². The Balaban J connectivity index is 1.53. The molecule has 1 N–H and O–H groups in total. The summed E-state index contributed by atoms with van der Waals surface area (Å²) in [4.78, 5) is 8.68. The summed E-state index contributed by atoms with van der Waals surface area (Å²) in [6, 6.07) is 12.6. The Labute approximate surface area is 143 Å². The average molecular weight is 326 g/mol. The molecule has 5 heteroatoms. The van der Waals surface area contributed by atoms with Gasteiger partial charge in [-0.1, -0.05) is 19.1 Å². The van der Waals surface area contributed by atoms with Gasteiger partial charge in [0.05, 0.1) is 0 Å². The van der Waals surface area contributed by atoms with Gasteiger partial charge in [-0.2, -0.15) is 0 Å². The third-order valence-electron chi connectivity index (χ3n) is 4.21. The van der Waals surface area contributed by atoms with Gasteiger partial charge in [0.2, 0.25) is 0 Å². The van der Waals surface area contributed by atoms with Crippen LogP contribution in [-0.4, -0.2) is 41.2 Å². The van der Waals surface area contributed by atoms with E-state index in [9.17, 15) is 0 Å². The second-order valence-corrected chi connectivity index (χ2v) is 6.05. The van der Waals surface area contributed by atoms with Crippen LogP contribution in [0.15, 0.2) is 48.8 Å². The number of pyridine rings is 1. The number of rotatable bonds is 3. The molecule has 4 nitrogen and oxygen atoms in total. The van der Waals surface area contributed by atoms with Crippen molar-refractivity contribution in [2.75, 3.05) is 36.4 Å². The lowest BCUT2D eigenvalue weighted by atomic mass is 10.1. The lowest BCUT2D eigenvalue weighted by Gasteiger charge is -2.37. The molecule has 0 bridgehead atoms. The van der Waals surface area contributed by atoms with Gasteiger partial charge in [-0.05, 0) is 48.5 Å². The fourth-order valence-corrected chi connectivity index (χ4v) is 3.05. The van der Waals surface area contributed by atoms with Gasteiger partial charge in [-0.15, -0.1) is 0 Å². The van der Waals surface area contributed by atoms with E-state index in [0.29, 0.717) is 0 Å². The first kappa shape index (κ1) is 15.7. The highest BCUT2D eigenvalue weighted by Crippen LogP contribution is 2.16. The minimum Gasteiger partial charge on any atom is -0.368 e. The van der Waals surface area contributed by atoms with E-state index in [0.717, 1.165) is 43.4 Å². The number of aryl methyl sites for hydroxylation is 1. The zero-order valence-corrected chi connectivity index (χ0v) is 14.2. The number of anilines is 2. The van der Waals surface area contributed by atoms with Gasteiger partial charge in [-0.25, -0.2) is 0 Å². The van der Waals surface area contributed by atoms with Crippen LogP contribution in [-0.2, 0) is 6.42 Å². The first-order chi connectivity index (χ1) is 11.3. The van der Waals surface area contributed by atoms with Crippen molar-refractivity contribution >= 4 is 28.7 Å². The molecular weight excluding hydrogens is 304 g/mol. The standard InChI is InChI=1S/C18H22N4S/c1-2-15-3-5-16(6-4-15)20-18(23)22-13-11-21(12-14-22)17-7-9-19-10-8-17/h3-10H,2,11-14H2,1H3,(H,20,23). The van der Waals surface area contributed by atoms with E-state index in [1.165, 1.54) is 11.3 Å². The maximum absolute atomic E-state index is 5.56. The molecular formula is C18H22N4S. The molecule has 1 fully saturated rings. The minimum atomic E-state index is 0.809. The highest BCUT2D eigenvalue weighted by molar-refractivity contribution is 7.80. The molecule has 2 aromatic rings. The van der Waals surface area contributed by atoms with Crippen LogP contribution in [0.1, 0.15) is 12.5 Å². The molecule has 0 saturated carbocycles. The summed E-state index contributed by atoms with van der Waals surface area (Å²) in [5.41, 5.74) is 3.63. The molecule has 3 rings (SSSR count). The van der Waals surface area contributed by atoms with Gasteiger partial charge in [0.25, 0.3) is 0 Å². The van der Waals surface area contributed by atoms with Crippen molar-refractivity contribution in [2.45, 2.75) is 13.3 Å². The van der Waals surface area contributed by atoms with Crippen molar-refractivity contribution in [3.8, 4) is 0 Å². The summed E-state index contributed by atoms with van der Waals surface area (Å²) in [6.07, 6.45) is 4.74. The normalized spacial score (nSPS) is 14.7. The molecule has 1 aliphatic heterocycles. The van der Waals surface area contributed by atoms with Crippen molar-refractivity contribution in [2.24, 2.45) is 0 Å². The van der Waals surface area contributed by atoms with Gasteiger partial charge in [0.15, 0.2) is 5.11 Å². The van der Waals surface area contributed by atoms with E-state index in [-0.39, 0.29) is 0 Å². The lowest BCUT2D eigenvalue weighted by Crippen LogP contribution is -2.50. The zero-order chi connectivity index (χ0) is 16.1. The summed E-state index contributed by atoms with van der Waals surface area (Å²) >= 11 is 5.56. The van der Waals surface area contributed by atoms with Crippen LogP contribution >= 0.6 is 12.2 Å². The van der Waals surface area contributed by atoms with Crippen molar-refractivity contribution in [1.29, 1.82) is 0 Å². The highest BCUT2D eigenvalue weighted by atomic mass is 32.1. The van der Waals surface area contributed by atoms with Crippen LogP contribution in [0.2, 0.25) is 0 Å². The summed E-state index contributed by atoms with van der Waals surface area (Å²) in [5.74, 6) is 0. The molecule has 2 heterocycles. The molecule has 1 aromatic heterocycles. The molecule has 0 radical (unpaired) electrons. The van der Waals surface area contributed by atoms with Crippen LogP contribution in [0.4, 0.5) is 11.4 Å². The summed E-state index contributed by atoms with van der Waals surface area (Å²) in [6.45, 7) is 5.97. The predicted octanol–water partition coefficient (Wildman–Crippen LogP) is 3.16. The molecule has 1 aliphatic rings. The van der Waals surface area contributed by atoms with Crippen LogP contribution in [0.5, 0.6) is 0 Å². The van der Waals surface area contributed by atoms with Crippen LogP contribution < -0.4 is 10.2 Å². The van der Waals surface area contributed by atoms with Gasteiger partial charge in [0, 0.05) is 49.9 Å². The minimum absolute atomic E-state index is 0.809. The number of nitrogens with zero attached hydrogens (tertiary/aromatic N) is 3. The Kier molecular flexibility index (Phi) is 5.08.